The van der Waals surface area contributed by atoms with Crippen molar-refractivity contribution < 1.29 is 14.6 Å². The van der Waals surface area contributed by atoms with Gasteiger partial charge in [-0.05, 0) is 43.9 Å². The first kappa shape index (κ1) is 14.1. The molecule has 3 heteroatoms. The van der Waals surface area contributed by atoms with Crippen LogP contribution in [0.4, 0.5) is 0 Å². The van der Waals surface area contributed by atoms with Crippen molar-refractivity contribution in [1.29, 1.82) is 0 Å². The predicted octanol–water partition coefficient (Wildman–Crippen LogP) is 3.21. The molecule has 1 N–H and O–H groups in total. The fraction of sp³-hybridized carbons (Fsp3) is 0.562. The van der Waals surface area contributed by atoms with Crippen LogP contribution < -0.4 is 0 Å². The molecule has 104 valence electrons. The molecule has 0 spiro atoms. The zero-order valence-corrected chi connectivity index (χ0v) is 12.1. The summed E-state index contributed by atoms with van der Waals surface area (Å²) in [4.78, 5) is 11.7. The summed E-state index contributed by atoms with van der Waals surface area (Å²) < 4.78 is 5.24. The van der Waals surface area contributed by atoms with E-state index in [1.54, 1.807) is 0 Å². The molecule has 3 nitrogen and oxygen atoms in total. The number of aryl methyl sites for hydroxylation is 3. The van der Waals surface area contributed by atoms with Crippen molar-refractivity contribution >= 4 is 5.97 Å². The maximum absolute atomic E-state index is 11.7. The topological polar surface area (TPSA) is 46.5 Å². The smallest absolute Gasteiger partial charge is 0.311 e. The van der Waals surface area contributed by atoms with Gasteiger partial charge in [-0.25, -0.2) is 0 Å². The molecule has 0 radical (unpaired) electrons. The van der Waals surface area contributed by atoms with Crippen LogP contribution >= 0.6 is 0 Å². The van der Waals surface area contributed by atoms with Crippen molar-refractivity contribution in [2.45, 2.75) is 40.0 Å². The van der Waals surface area contributed by atoms with Gasteiger partial charge in [0.15, 0.2) is 0 Å². The quantitative estimate of drug-likeness (QED) is 0.906. The lowest BCUT2D eigenvalue weighted by molar-refractivity contribution is -0.145. The molecule has 2 rings (SSSR count). The second-order valence-corrected chi connectivity index (χ2v) is 6.21. The van der Waals surface area contributed by atoms with E-state index in [9.17, 15) is 9.90 Å². The molecule has 1 aliphatic heterocycles. The number of ether oxygens (including phenoxy) is 1. The van der Waals surface area contributed by atoms with Gasteiger partial charge in [-0.15, -0.1) is 0 Å². The van der Waals surface area contributed by atoms with Crippen molar-refractivity contribution in [2.24, 2.45) is 5.41 Å². The van der Waals surface area contributed by atoms with Gasteiger partial charge in [0.2, 0.25) is 0 Å². The molecule has 1 saturated heterocycles. The number of aliphatic carboxylic acids is 1. The zero-order chi connectivity index (χ0) is 14.2. The van der Waals surface area contributed by atoms with Crippen LogP contribution in [0.1, 0.15) is 41.5 Å². The molecule has 1 aromatic carbocycles. The normalized spacial score (nSPS) is 18.7. The van der Waals surface area contributed by atoms with Crippen LogP contribution in [0.2, 0.25) is 0 Å². The lowest BCUT2D eigenvalue weighted by Gasteiger charge is -2.40. The summed E-state index contributed by atoms with van der Waals surface area (Å²) >= 11 is 0. The maximum atomic E-state index is 11.7. The van der Waals surface area contributed by atoms with Crippen LogP contribution in [0, 0.1) is 26.2 Å². The molecule has 1 aromatic rings. The molecule has 0 aliphatic carbocycles. The highest BCUT2D eigenvalue weighted by Crippen LogP contribution is 2.39. The Morgan fingerprint density at radius 1 is 1.32 bits per heavy atom. The first-order valence-corrected chi connectivity index (χ1v) is 6.71. The maximum Gasteiger partial charge on any atom is 0.311 e. The summed E-state index contributed by atoms with van der Waals surface area (Å²) in [5.74, 6) is -1.17. The van der Waals surface area contributed by atoms with Crippen molar-refractivity contribution in [2.75, 3.05) is 13.2 Å². The summed E-state index contributed by atoms with van der Waals surface area (Å²) in [7, 11) is 0. The molecule has 1 unspecified atom stereocenters. The average molecular weight is 262 g/mol. The summed E-state index contributed by atoms with van der Waals surface area (Å²) in [6.07, 6.45) is 0.646. The monoisotopic (exact) mass is 262 g/mol. The standard InChI is InChI=1S/C16H22O3/c1-10-5-11(2)14(12(3)6-10)13(15(17)18)7-16(4)8-19-9-16/h5-6,13H,7-9H2,1-4H3,(H,17,18). The molecule has 19 heavy (non-hydrogen) atoms. The number of benzene rings is 1. The summed E-state index contributed by atoms with van der Waals surface area (Å²) in [6.45, 7) is 9.49. The van der Waals surface area contributed by atoms with Crippen LogP contribution in [0.15, 0.2) is 12.1 Å². The van der Waals surface area contributed by atoms with Crippen molar-refractivity contribution in [3.05, 3.63) is 34.4 Å². The van der Waals surface area contributed by atoms with Crippen LogP contribution in [0.25, 0.3) is 0 Å². The van der Waals surface area contributed by atoms with E-state index < -0.39 is 11.9 Å². The molecule has 0 aromatic heterocycles. The third kappa shape index (κ3) is 2.81. The number of hydrogen-bond donors (Lipinski definition) is 1. The van der Waals surface area contributed by atoms with Gasteiger partial charge in [-0.2, -0.15) is 0 Å². The fourth-order valence-electron chi connectivity index (χ4n) is 3.11. The number of carboxylic acids is 1. The second-order valence-electron chi connectivity index (χ2n) is 6.21. The molecule has 1 fully saturated rings. The molecule has 1 atom stereocenters. The summed E-state index contributed by atoms with van der Waals surface area (Å²) in [5, 5.41) is 9.59. The van der Waals surface area contributed by atoms with Crippen molar-refractivity contribution in [1.82, 2.24) is 0 Å². The van der Waals surface area contributed by atoms with E-state index in [1.807, 2.05) is 20.8 Å². The number of carbonyl (C=O) groups is 1. The number of hydrogen-bond acceptors (Lipinski definition) is 2. The molecule has 1 heterocycles. The van der Waals surface area contributed by atoms with Gasteiger partial charge >= 0.3 is 5.97 Å². The molecular weight excluding hydrogens is 240 g/mol. The third-order valence-corrected chi connectivity index (χ3v) is 3.98. The Bertz CT molecular complexity index is 478. The van der Waals surface area contributed by atoms with Gasteiger partial charge in [0.25, 0.3) is 0 Å². The van der Waals surface area contributed by atoms with Gasteiger partial charge in [0.05, 0.1) is 19.1 Å². The molecular formula is C16H22O3. The lowest BCUT2D eigenvalue weighted by Crippen LogP contribution is -2.42. The van der Waals surface area contributed by atoms with Gasteiger partial charge < -0.3 is 9.84 Å². The Kier molecular flexibility index (Phi) is 3.68. The highest BCUT2D eigenvalue weighted by Gasteiger charge is 2.39. The van der Waals surface area contributed by atoms with E-state index in [0.29, 0.717) is 19.6 Å². The Morgan fingerprint density at radius 3 is 2.21 bits per heavy atom. The fourth-order valence-corrected chi connectivity index (χ4v) is 3.11. The van der Waals surface area contributed by atoms with Crippen molar-refractivity contribution in [3.8, 4) is 0 Å². The second kappa shape index (κ2) is 4.97. The van der Waals surface area contributed by atoms with Gasteiger partial charge in [0.1, 0.15) is 0 Å². The van der Waals surface area contributed by atoms with E-state index >= 15 is 0 Å². The minimum atomic E-state index is -0.733. The Hall–Kier alpha value is -1.35. The predicted molar refractivity (Wildman–Crippen MR) is 74.6 cm³/mol. The first-order valence-electron chi connectivity index (χ1n) is 6.71. The van der Waals surface area contributed by atoms with Crippen LogP contribution in [0.5, 0.6) is 0 Å². The van der Waals surface area contributed by atoms with E-state index in [-0.39, 0.29) is 5.41 Å². The van der Waals surface area contributed by atoms with Crippen molar-refractivity contribution in [3.63, 3.8) is 0 Å². The van der Waals surface area contributed by atoms with E-state index in [2.05, 4.69) is 19.1 Å². The number of rotatable bonds is 4. The first-order chi connectivity index (χ1) is 8.82. The van der Waals surface area contributed by atoms with Gasteiger partial charge in [0, 0.05) is 5.41 Å². The molecule has 0 saturated carbocycles. The summed E-state index contributed by atoms with van der Waals surface area (Å²) in [6, 6.07) is 4.13. The van der Waals surface area contributed by atoms with E-state index in [4.69, 9.17) is 4.74 Å². The Balaban J connectivity index is 2.36. The minimum absolute atomic E-state index is 0.00677. The molecule has 0 bridgehead atoms. The molecule has 0 amide bonds. The summed E-state index contributed by atoms with van der Waals surface area (Å²) in [5.41, 5.74) is 4.32. The Labute approximate surface area is 114 Å². The highest BCUT2D eigenvalue weighted by atomic mass is 16.5. The zero-order valence-electron chi connectivity index (χ0n) is 12.1. The SMILES string of the molecule is Cc1cc(C)c(C(CC2(C)COC2)C(=O)O)c(C)c1. The minimum Gasteiger partial charge on any atom is -0.481 e. The number of carboxylic acid groups (broad SMARTS) is 1. The van der Waals surface area contributed by atoms with Gasteiger partial charge in [-0.1, -0.05) is 24.6 Å². The Morgan fingerprint density at radius 2 is 1.84 bits per heavy atom. The van der Waals surface area contributed by atoms with Crippen LogP contribution in [-0.4, -0.2) is 24.3 Å². The van der Waals surface area contributed by atoms with E-state index in [0.717, 1.165) is 16.7 Å². The lowest BCUT2D eigenvalue weighted by atomic mass is 9.75. The third-order valence-electron chi connectivity index (χ3n) is 3.98. The van der Waals surface area contributed by atoms with Crippen LogP contribution in [-0.2, 0) is 9.53 Å². The largest absolute Gasteiger partial charge is 0.481 e. The highest BCUT2D eigenvalue weighted by molar-refractivity contribution is 5.77. The molecule has 1 aliphatic rings. The average Bonchev–Trinajstić information content (AvgIpc) is 2.23. The van der Waals surface area contributed by atoms with E-state index in [1.165, 1.54) is 5.56 Å². The van der Waals surface area contributed by atoms with Crippen LogP contribution in [0.3, 0.4) is 0 Å². The van der Waals surface area contributed by atoms with Gasteiger partial charge in [-0.3, -0.25) is 4.79 Å².